The van der Waals surface area contributed by atoms with Crippen molar-refractivity contribution < 1.29 is 120 Å². The third-order valence-electron chi connectivity index (χ3n) is 22.9. The molecule has 12 amide bonds. The first-order valence-corrected chi connectivity index (χ1v) is 46.6. The van der Waals surface area contributed by atoms with Gasteiger partial charge in [0, 0.05) is 88.4 Å². The maximum Gasteiger partial charge on any atom is 0.592 e. The highest BCUT2D eigenvalue weighted by atomic mass is 19.2. The van der Waals surface area contributed by atoms with E-state index in [9.17, 15) is 86.6 Å². The fraction of sp³-hybridized carbons (Fsp3) is 0.548. The lowest BCUT2D eigenvalue weighted by Gasteiger charge is -2.27. The molecule has 1 aliphatic rings. The lowest BCUT2D eigenvalue weighted by Crippen LogP contribution is -3.00. The molecule has 1 unspecified atom stereocenters. The van der Waals surface area contributed by atoms with E-state index in [2.05, 4.69) is 84.7 Å². The van der Waals surface area contributed by atoms with E-state index in [0.717, 1.165) is 15.5 Å². The number of amides is 12. The summed E-state index contributed by atoms with van der Waals surface area (Å²) in [7, 11) is 0.401. The van der Waals surface area contributed by atoms with Crippen LogP contribution in [0.1, 0.15) is 185 Å². The van der Waals surface area contributed by atoms with Gasteiger partial charge in [-0.1, -0.05) is 124 Å². The summed E-state index contributed by atoms with van der Waals surface area (Å²) in [5.74, 6) is -20.0. The van der Waals surface area contributed by atoms with Crippen LogP contribution < -0.4 is 90.6 Å². The van der Waals surface area contributed by atoms with Crippen molar-refractivity contribution >= 4 is 124 Å². The fourth-order valence-corrected chi connectivity index (χ4v) is 15.5. The molecule has 0 saturated carbocycles. The number of nitrogens with one attached hydrogen (secondary N) is 15. The summed E-state index contributed by atoms with van der Waals surface area (Å²) >= 11 is 0. The minimum atomic E-state index is -2.64. The Labute approximate surface area is 804 Å². The molecule has 1 saturated heterocycles. The molecule has 1 fully saturated rings. The molecule has 139 heavy (non-hydrogen) atoms. The van der Waals surface area contributed by atoms with Crippen molar-refractivity contribution in [1.82, 2.24) is 89.4 Å². The summed E-state index contributed by atoms with van der Waals surface area (Å²) < 4.78 is 27.3. The predicted octanol–water partition coefficient (Wildman–Crippen LogP) is -2.20. The smallest absolute Gasteiger partial charge is 0.592 e. The van der Waals surface area contributed by atoms with Crippen LogP contribution in [0.2, 0.25) is 0 Å². The molecular formula is C93H135BF3N21O21. The van der Waals surface area contributed by atoms with Gasteiger partial charge in [0.25, 0.3) is 0 Å². The number of quaternary nitrogens is 1. The molecule has 1 aromatic heterocycles. The molecule has 4 aromatic carbocycles. The molecule has 5 aromatic rings. The Kier molecular flexibility index (Phi) is 50.3. The topological polar surface area (TPSA) is 646 Å². The maximum absolute atomic E-state index is 15.2. The predicted molar refractivity (Wildman–Crippen MR) is 504 cm³/mol. The van der Waals surface area contributed by atoms with Gasteiger partial charge in [-0.25, -0.2) is 4.68 Å². The molecular weight excluding hydrogens is 1810 g/mol. The molecule has 23 N–H and O–H groups in total. The Morgan fingerprint density at radius 1 is 0.554 bits per heavy atom. The SMILES string of the molecule is CC(C)NCCCC[C@H](NC(=O)[C@H]1CCC(=O)N[C@@H](Cc2ccccc2)C(=O)N[C@@H](Cc2ccc(O)cc2)C(=O)N[C@@H](CCCCNC(C)C)C(=O)N[C@H](CCCNC(=N)N)C(=O)CC(Cc2ccc3ccccc3c2)C(=O)NCC(=O)N1)C(=O)C[C@@H](CCCCNC(=O)[C@H](CCC(=O)O)NC(=O)[C@H](CCC(=O)O)NC(=O)[C@H](CCC(=O)O)NC(=O)Cn1cc(C[N+](C)(C)CB(F)F)nn1)C(N)=O.[F-]. The summed E-state index contributed by atoms with van der Waals surface area (Å²) in [4.78, 5) is 239. The highest BCUT2D eigenvalue weighted by molar-refractivity contribution is 6.42. The number of rotatable bonds is 54. The number of nitrogens with zero attached hydrogens (tertiary/aromatic N) is 4. The van der Waals surface area contributed by atoms with Crippen molar-refractivity contribution in [1.29, 1.82) is 5.41 Å². The number of carboxylic acids is 3. The number of unbranched alkanes of at least 4 members (excludes halogenated alkanes) is 3. The van der Waals surface area contributed by atoms with E-state index < -0.39 is 258 Å². The second kappa shape index (κ2) is 60.3. The number of ketones is 2. The van der Waals surface area contributed by atoms with E-state index in [4.69, 9.17) is 16.9 Å². The number of aromatic nitrogens is 3. The van der Waals surface area contributed by atoms with Gasteiger partial charge in [-0.15, -0.1) is 5.10 Å². The average molecular weight is 1950 g/mol. The molecule has 2 heterocycles. The van der Waals surface area contributed by atoms with Crippen LogP contribution in [0, 0.1) is 17.2 Å². The van der Waals surface area contributed by atoms with Crippen LogP contribution in [0.3, 0.4) is 0 Å². The quantitative estimate of drug-likeness (QED) is 0.00646. The van der Waals surface area contributed by atoms with Gasteiger partial charge in [0.15, 0.2) is 17.5 Å². The van der Waals surface area contributed by atoms with Gasteiger partial charge >= 0.3 is 25.2 Å². The highest BCUT2D eigenvalue weighted by Gasteiger charge is 2.38. The van der Waals surface area contributed by atoms with Crippen LogP contribution in [-0.4, -0.2) is 273 Å². The average Bonchev–Trinajstić information content (AvgIpc) is 1.50. The van der Waals surface area contributed by atoms with Crippen molar-refractivity contribution in [3.8, 4) is 5.75 Å². The van der Waals surface area contributed by atoms with E-state index in [-0.39, 0.29) is 129 Å². The number of hydrogen-bond donors (Lipinski definition) is 21. The molecule has 0 aliphatic carbocycles. The first-order valence-electron chi connectivity index (χ1n) is 46.6. The minimum Gasteiger partial charge on any atom is -1.00 e. The third kappa shape index (κ3) is 45.1. The second-order valence-electron chi connectivity index (χ2n) is 35.9. The van der Waals surface area contributed by atoms with Crippen LogP contribution in [0.5, 0.6) is 5.75 Å². The van der Waals surface area contributed by atoms with Gasteiger partial charge in [-0.2, -0.15) is 0 Å². The third-order valence-corrected chi connectivity index (χ3v) is 22.9. The van der Waals surface area contributed by atoms with E-state index in [0.29, 0.717) is 49.0 Å². The summed E-state index contributed by atoms with van der Waals surface area (Å²) in [6.45, 7) is 7.13. The monoisotopic (exact) mass is 1950 g/mol. The number of aromatic hydroxyl groups is 1. The number of phenolic OH excluding ortho intramolecular Hbond substituents is 1. The Bertz CT molecular complexity index is 4940. The summed E-state index contributed by atoms with van der Waals surface area (Å²) in [5, 5.41) is 94.5. The first kappa shape index (κ1) is 116. The van der Waals surface area contributed by atoms with Crippen LogP contribution in [0.4, 0.5) is 8.63 Å². The molecule has 1 aliphatic heterocycles. The zero-order valence-corrected chi connectivity index (χ0v) is 79.3. The number of carbonyl (C=O) groups excluding carboxylic acids is 14. The van der Waals surface area contributed by atoms with Crippen LogP contribution >= 0.6 is 0 Å². The van der Waals surface area contributed by atoms with Gasteiger partial charge in [-0.05, 0) is 149 Å². The zero-order valence-electron chi connectivity index (χ0n) is 79.3. The van der Waals surface area contributed by atoms with Crippen LogP contribution in [-0.2, 0) is 114 Å². The summed E-state index contributed by atoms with van der Waals surface area (Å²) in [5.41, 5.74) is 13.4. The second-order valence-corrected chi connectivity index (χ2v) is 35.9. The van der Waals surface area contributed by atoms with Crippen molar-refractivity contribution in [2.24, 2.45) is 23.3 Å². The lowest BCUT2D eigenvalue weighted by atomic mass is 9.89. The molecule has 11 atom stereocenters. The van der Waals surface area contributed by atoms with Gasteiger partial charge in [0.1, 0.15) is 73.3 Å². The first-order chi connectivity index (χ1) is 65.5. The molecule has 46 heteroatoms. The number of nitrogens with two attached hydrogens (primary N) is 2. The number of carboxylic acid groups (broad SMARTS) is 3. The Morgan fingerprint density at radius 3 is 1.68 bits per heavy atom. The number of halogens is 3. The van der Waals surface area contributed by atoms with Crippen molar-refractivity contribution in [2.45, 2.75) is 261 Å². The van der Waals surface area contributed by atoms with Crippen LogP contribution in [0.15, 0.2) is 103 Å². The zero-order chi connectivity index (χ0) is 102. The lowest BCUT2D eigenvalue weighted by molar-refractivity contribution is -0.894. The minimum absolute atomic E-state index is 0. The molecule has 0 bridgehead atoms. The number of carbonyl (C=O) groups is 17. The van der Waals surface area contributed by atoms with Gasteiger partial charge < -0.3 is 116 Å². The van der Waals surface area contributed by atoms with E-state index >= 15 is 24.0 Å². The number of Topliss-reactive ketones (excluding diaryl/α,β-unsaturated/α-hetero) is 2. The molecule has 0 radical (unpaired) electrons. The Hall–Kier alpha value is -13.5. The van der Waals surface area contributed by atoms with Crippen molar-refractivity contribution in [2.75, 3.05) is 53.3 Å². The van der Waals surface area contributed by atoms with Crippen molar-refractivity contribution in [3.05, 3.63) is 126 Å². The van der Waals surface area contributed by atoms with Gasteiger partial charge in [0.05, 0.1) is 38.9 Å². The number of phenols is 1. The molecule has 0 spiro atoms. The van der Waals surface area contributed by atoms with Gasteiger partial charge in [0.2, 0.25) is 70.9 Å². The van der Waals surface area contributed by atoms with E-state index in [1.165, 1.54) is 44.6 Å². The van der Waals surface area contributed by atoms with Crippen molar-refractivity contribution in [3.63, 3.8) is 0 Å². The summed E-state index contributed by atoms with van der Waals surface area (Å²) in [6, 6.07) is 13.2. The largest absolute Gasteiger partial charge is 1.00 e. The summed E-state index contributed by atoms with van der Waals surface area (Å²) in [6.07, 6.45) is -4.38. The van der Waals surface area contributed by atoms with Crippen LogP contribution in [0.25, 0.3) is 10.8 Å². The maximum atomic E-state index is 15.2. The Morgan fingerprint density at radius 2 is 1.08 bits per heavy atom. The number of guanidine groups is 1. The van der Waals surface area contributed by atoms with Gasteiger partial charge in [-0.3, -0.25) is 95.5 Å². The number of hydrogen-bond acceptors (Lipinski definition) is 23. The number of fused-ring (bicyclic) bond motifs is 1. The molecule has 6 rings (SSSR count). The highest BCUT2D eigenvalue weighted by Crippen LogP contribution is 2.24. The van der Waals surface area contributed by atoms with E-state index in [1.807, 2.05) is 64.1 Å². The normalized spacial score (nSPS) is 17.7. The van der Waals surface area contributed by atoms with E-state index in [1.54, 1.807) is 36.4 Å². The molecule has 762 valence electrons. The number of benzene rings is 4. The number of aliphatic carboxylic acids is 3. The fourth-order valence-electron chi connectivity index (χ4n) is 15.5. The molecule has 42 nitrogen and oxygen atoms in total. The number of primary amides is 1. The Balaban J connectivity index is 0.0000341. The standard InChI is InChI=1S/C93H134BF2N21O21.FH/c1-56(2)100-41-16-13-24-67(76(119)49-63(84(97)130)23-12-15-43-102-86(132)70(34-38-81(124)125)111-90(136)73(36-40-83(128)129)112-89(135)72(35-39-82(126)127)106-80(123)53-116-52-65(114-115-116)54-117(5,6)55-94(95)96)108-88(134)71-33-37-78(121)107-74(47-58-19-8-7-9-20-58)91(137)113-75(48-59-28-31-66(118)32-29-59)92(138)110-69(25-14-17-42-101-57(3)4)87(133)109-68(26-18-44-103-93(98)99)77(120)50-64(85(131)104-51-79(122)105-71)46-60-27-30-61-21-10-11-22-62(61)45-60;/h7-11,19-22,27-32,45,52,56-57,63-64,67-75,100-101H,12-18,23-26,33-44,46-51,53-55H2,1-6H3,(H20-,97,98,99,102,103,104,105,106,107,108,109,110,111,112,113,118,121,122,123,124,125,126,127,128,129,130,131,132,133,134,135,136,137,138);1H/t63-,64?,67+,68-,69+,70+,71-,72+,73+,74+,75+;/m1./s1.